The van der Waals surface area contributed by atoms with Gasteiger partial charge in [-0.3, -0.25) is 14.4 Å². The summed E-state index contributed by atoms with van der Waals surface area (Å²) in [6.45, 7) is -1.24. The normalized spacial score (nSPS) is 12.1. The third-order valence-electron chi connectivity index (χ3n) is 4.67. The summed E-state index contributed by atoms with van der Waals surface area (Å²) < 4.78 is 15.1. The van der Waals surface area contributed by atoms with Crippen molar-refractivity contribution in [2.45, 2.75) is 25.3 Å². The highest BCUT2D eigenvalue weighted by Gasteiger charge is 2.27. The first kappa shape index (κ1) is 27.3. The predicted octanol–water partition coefficient (Wildman–Crippen LogP) is 0.265. The van der Waals surface area contributed by atoms with Crippen LogP contribution in [0.3, 0.4) is 0 Å². The van der Waals surface area contributed by atoms with Crippen LogP contribution in [-0.4, -0.2) is 67.9 Å². The molecular weight excluding hydrogens is 458 g/mol. The average Bonchev–Trinajstić information content (AvgIpc) is 2.89. The smallest absolute Gasteiger partial charge is 0.408 e. The molecule has 4 N–H and O–H groups in total. The zero-order chi connectivity index (χ0) is 25.5. The van der Waals surface area contributed by atoms with E-state index in [4.69, 9.17) is 9.47 Å². The van der Waals surface area contributed by atoms with E-state index in [0.717, 1.165) is 11.1 Å². The lowest BCUT2D eigenvalue weighted by molar-refractivity contribution is -0.141. The van der Waals surface area contributed by atoms with Gasteiger partial charge >= 0.3 is 12.1 Å². The van der Waals surface area contributed by atoms with Gasteiger partial charge in [0.05, 0.1) is 26.9 Å². The minimum absolute atomic E-state index is 0.0294. The number of amides is 3. The Balaban J connectivity index is 1.94. The lowest BCUT2D eigenvalue weighted by Gasteiger charge is -2.22. The van der Waals surface area contributed by atoms with Gasteiger partial charge in [-0.15, -0.1) is 0 Å². The number of ether oxygens (including phenoxy) is 3. The Bertz CT molecular complexity index is 956. The van der Waals surface area contributed by atoms with E-state index in [1.54, 1.807) is 24.3 Å². The quantitative estimate of drug-likeness (QED) is 0.294. The largest absolute Gasteiger partial charge is 0.468 e. The molecule has 0 aromatic heterocycles. The van der Waals surface area contributed by atoms with Crippen molar-refractivity contribution in [1.29, 1.82) is 0 Å². The van der Waals surface area contributed by atoms with Gasteiger partial charge in [-0.25, -0.2) is 4.79 Å². The van der Waals surface area contributed by atoms with E-state index in [0.29, 0.717) is 0 Å². The monoisotopic (exact) mass is 487 g/mol. The fourth-order valence-corrected chi connectivity index (χ4v) is 2.78. The van der Waals surface area contributed by atoms with Crippen LogP contribution in [0, 0.1) is 0 Å². The summed E-state index contributed by atoms with van der Waals surface area (Å²) in [4.78, 5) is 48.6. The summed E-state index contributed by atoms with van der Waals surface area (Å²) in [5.41, 5.74) is 1.59. The van der Waals surface area contributed by atoms with E-state index >= 15 is 0 Å². The second kappa shape index (κ2) is 15.0. The molecule has 188 valence electrons. The van der Waals surface area contributed by atoms with Gasteiger partial charge in [0, 0.05) is 0 Å². The van der Waals surface area contributed by atoms with Crippen molar-refractivity contribution in [3.63, 3.8) is 0 Å². The second-order valence-electron chi connectivity index (χ2n) is 7.30. The maximum absolute atomic E-state index is 12.7. The minimum atomic E-state index is -1.39. The van der Waals surface area contributed by atoms with Crippen LogP contribution in [0.2, 0.25) is 0 Å². The Hall–Kier alpha value is -3.96. The number of alkyl carbamates (subject to hydrolysis) is 1. The number of carbonyl (C=O) groups is 4. The molecule has 0 aliphatic carbocycles. The van der Waals surface area contributed by atoms with Gasteiger partial charge in [-0.05, 0) is 11.1 Å². The number of hydrogen-bond acceptors (Lipinski definition) is 8. The van der Waals surface area contributed by atoms with Gasteiger partial charge in [0.15, 0.2) is 0 Å². The number of hydrogen-bond donors (Lipinski definition) is 4. The van der Waals surface area contributed by atoms with Gasteiger partial charge in [-0.1, -0.05) is 60.7 Å². The van der Waals surface area contributed by atoms with Crippen LogP contribution >= 0.6 is 0 Å². The van der Waals surface area contributed by atoms with E-state index in [1.165, 1.54) is 7.11 Å². The summed E-state index contributed by atoms with van der Waals surface area (Å²) >= 11 is 0. The lowest BCUT2D eigenvalue weighted by atomic mass is 10.2. The molecule has 0 saturated carbocycles. The predicted molar refractivity (Wildman–Crippen MR) is 124 cm³/mol. The van der Waals surface area contributed by atoms with E-state index in [-0.39, 0.29) is 19.8 Å². The zero-order valence-corrected chi connectivity index (χ0v) is 19.3. The summed E-state index contributed by atoms with van der Waals surface area (Å²) in [7, 11) is 1.17. The average molecular weight is 488 g/mol. The number of nitrogens with one attached hydrogen (secondary N) is 3. The molecule has 0 aliphatic heterocycles. The van der Waals surface area contributed by atoms with Gasteiger partial charge in [0.2, 0.25) is 11.8 Å². The molecule has 0 unspecified atom stereocenters. The second-order valence-corrected chi connectivity index (χ2v) is 7.30. The van der Waals surface area contributed by atoms with Gasteiger partial charge < -0.3 is 35.3 Å². The highest BCUT2D eigenvalue weighted by molar-refractivity contribution is 5.92. The van der Waals surface area contributed by atoms with E-state index in [2.05, 4.69) is 20.7 Å². The summed E-state index contributed by atoms with van der Waals surface area (Å²) in [6, 6.07) is 15.5. The third kappa shape index (κ3) is 10.2. The molecule has 0 heterocycles. The van der Waals surface area contributed by atoms with Crippen LogP contribution in [0.25, 0.3) is 0 Å². The zero-order valence-electron chi connectivity index (χ0n) is 19.3. The minimum Gasteiger partial charge on any atom is -0.468 e. The number of methoxy groups -OCH3 is 1. The van der Waals surface area contributed by atoms with Crippen molar-refractivity contribution in [2.75, 3.05) is 26.9 Å². The van der Waals surface area contributed by atoms with Crippen LogP contribution in [0.1, 0.15) is 11.1 Å². The molecule has 0 spiro atoms. The standard InChI is InChI=1S/C24H29N3O8/c1-33-21(29)12-25-22(30)20(16-34-14-17-8-4-2-5-9-17)26-23(31)19(13-28)27-24(32)35-15-18-10-6-3-7-11-18/h2-11,19-20,28H,12-16H2,1H3,(H,25,30)(H,26,31)(H,27,32)/t19-,20-/m0/s1. The number of esters is 1. The van der Waals surface area contributed by atoms with Gasteiger partial charge in [0.25, 0.3) is 0 Å². The molecule has 35 heavy (non-hydrogen) atoms. The number of aliphatic hydroxyl groups is 1. The van der Waals surface area contributed by atoms with Crippen molar-refractivity contribution in [3.8, 4) is 0 Å². The van der Waals surface area contributed by atoms with E-state index in [1.807, 2.05) is 36.4 Å². The van der Waals surface area contributed by atoms with Gasteiger partial charge in [0.1, 0.15) is 25.2 Å². The Kier molecular flexibility index (Phi) is 11.7. The van der Waals surface area contributed by atoms with Gasteiger partial charge in [-0.2, -0.15) is 0 Å². The fourth-order valence-electron chi connectivity index (χ4n) is 2.78. The van der Waals surface area contributed by atoms with Crippen molar-refractivity contribution >= 4 is 23.9 Å². The maximum Gasteiger partial charge on any atom is 0.408 e. The summed E-state index contributed by atoms with van der Waals surface area (Å²) in [5, 5.41) is 16.6. The molecule has 0 saturated heterocycles. The van der Waals surface area contributed by atoms with Crippen LogP contribution in [0.5, 0.6) is 0 Å². The summed E-state index contributed by atoms with van der Waals surface area (Å²) in [5.74, 6) is -2.23. The summed E-state index contributed by atoms with van der Waals surface area (Å²) in [6.07, 6.45) is -0.921. The molecule has 3 amide bonds. The number of rotatable bonds is 13. The topological polar surface area (TPSA) is 152 Å². The molecule has 11 heteroatoms. The molecule has 0 fully saturated rings. The first-order valence-corrected chi connectivity index (χ1v) is 10.8. The molecule has 0 aliphatic rings. The molecule has 0 bridgehead atoms. The van der Waals surface area contributed by atoms with E-state index < -0.39 is 49.1 Å². The van der Waals surface area contributed by atoms with Crippen molar-refractivity contribution in [2.24, 2.45) is 0 Å². The first-order chi connectivity index (χ1) is 16.9. The number of carbonyl (C=O) groups excluding carboxylic acids is 4. The Labute approximate surface area is 202 Å². The molecule has 2 rings (SSSR count). The number of aliphatic hydroxyl groups excluding tert-OH is 1. The molecular formula is C24H29N3O8. The molecule has 2 aromatic rings. The molecule has 11 nitrogen and oxygen atoms in total. The van der Waals surface area contributed by atoms with E-state index in [9.17, 15) is 24.3 Å². The highest BCUT2D eigenvalue weighted by Crippen LogP contribution is 2.03. The van der Waals surface area contributed by atoms with Crippen LogP contribution in [0.4, 0.5) is 4.79 Å². The third-order valence-corrected chi connectivity index (χ3v) is 4.67. The Morgan fingerprint density at radius 3 is 2.00 bits per heavy atom. The number of benzene rings is 2. The Morgan fingerprint density at radius 1 is 0.829 bits per heavy atom. The Morgan fingerprint density at radius 2 is 1.43 bits per heavy atom. The molecule has 2 atom stereocenters. The van der Waals surface area contributed by atoms with Crippen LogP contribution in [0.15, 0.2) is 60.7 Å². The van der Waals surface area contributed by atoms with Crippen molar-refractivity contribution in [1.82, 2.24) is 16.0 Å². The van der Waals surface area contributed by atoms with Crippen LogP contribution < -0.4 is 16.0 Å². The lowest BCUT2D eigenvalue weighted by Crippen LogP contribution is -2.56. The highest BCUT2D eigenvalue weighted by atomic mass is 16.5. The molecule has 2 aromatic carbocycles. The van der Waals surface area contributed by atoms with Crippen molar-refractivity contribution < 1.29 is 38.5 Å². The van der Waals surface area contributed by atoms with Crippen LogP contribution in [-0.2, 0) is 41.8 Å². The first-order valence-electron chi connectivity index (χ1n) is 10.8. The fraction of sp³-hybridized carbons (Fsp3) is 0.333. The molecule has 0 radical (unpaired) electrons. The van der Waals surface area contributed by atoms with Crippen molar-refractivity contribution in [3.05, 3.63) is 71.8 Å². The SMILES string of the molecule is COC(=O)CNC(=O)[C@H](COCc1ccccc1)NC(=O)[C@H](CO)NC(=O)OCc1ccccc1. The maximum atomic E-state index is 12.7.